The second kappa shape index (κ2) is 7.77. The summed E-state index contributed by atoms with van der Waals surface area (Å²) in [6.45, 7) is 3.73. The zero-order valence-corrected chi connectivity index (χ0v) is 15.9. The molecule has 1 heterocycles. The fourth-order valence-corrected chi connectivity index (χ4v) is 3.75. The molecule has 1 aliphatic heterocycles. The van der Waals surface area contributed by atoms with E-state index in [9.17, 15) is 4.79 Å². The molecule has 1 aliphatic rings. The zero-order chi connectivity index (χ0) is 18.0. The van der Waals surface area contributed by atoms with E-state index >= 15 is 0 Å². The number of hydrogen-bond acceptors (Lipinski definition) is 2. The van der Waals surface area contributed by atoms with Gasteiger partial charge < -0.3 is 10.2 Å². The van der Waals surface area contributed by atoms with Gasteiger partial charge in [0, 0.05) is 31.1 Å². The minimum atomic E-state index is 0.0527. The number of hydrogen-bond donors (Lipinski definition) is 1. The average Bonchev–Trinajstić information content (AvgIpc) is 2.63. The molecule has 0 saturated carbocycles. The molecule has 5 heteroatoms. The van der Waals surface area contributed by atoms with Crippen LogP contribution >= 0.6 is 23.2 Å². The van der Waals surface area contributed by atoms with E-state index < -0.39 is 0 Å². The second-order valence-electron chi connectivity index (χ2n) is 6.62. The van der Waals surface area contributed by atoms with Crippen LogP contribution < -0.4 is 5.32 Å². The first-order valence-corrected chi connectivity index (χ1v) is 9.22. The third-order valence-electron chi connectivity index (χ3n) is 4.93. The van der Waals surface area contributed by atoms with Crippen LogP contribution in [0.25, 0.3) is 0 Å². The topological polar surface area (TPSA) is 32.3 Å². The highest BCUT2D eigenvalue weighted by Crippen LogP contribution is 2.32. The molecule has 2 aromatic rings. The lowest BCUT2D eigenvalue weighted by Gasteiger charge is -2.39. The molecule has 2 aromatic carbocycles. The monoisotopic (exact) mass is 376 g/mol. The van der Waals surface area contributed by atoms with Crippen molar-refractivity contribution in [2.45, 2.75) is 25.3 Å². The van der Waals surface area contributed by atoms with Crippen molar-refractivity contribution < 1.29 is 4.79 Å². The number of halogens is 2. The molecular formula is C20H22Cl2N2O. The number of amides is 1. The summed E-state index contributed by atoms with van der Waals surface area (Å²) in [5.41, 5.74) is 2.98. The maximum atomic E-state index is 12.9. The van der Waals surface area contributed by atoms with Gasteiger partial charge in [0.1, 0.15) is 0 Å². The quantitative estimate of drug-likeness (QED) is 0.853. The van der Waals surface area contributed by atoms with Crippen molar-refractivity contribution in [3.63, 3.8) is 0 Å². The van der Waals surface area contributed by atoms with E-state index in [4.69, 9.17) is 23.2 Å². The fraction of sp³-hybridized carbons (Fsp3) is 0.350. The van der Waals surface area contributed by atoms with Crippen molar-refractivity contribution in [1.29, 1.82) is 0 Å². The van der Waals surface area contributed by atoms with Gasteiger partial charge in [-0.3, -0.25) is 4.79 Å². The smallest absolute Gasteiger partial charge is 0.253 e. The predicted molar refractivity (Wildman–Crippen MR) is 104 cm³/mol. The van der Waals surface area contributed by atoms with Gasteiger partial charge in [-0.25, -0.2) is 0 Å². The lowest BCUT2D eigenvalue weighted by Crippen LogP contribution is -2.49. The van der Waals surface area contributed by atoms with Crippen molar-refractivity contribution in [3.8, 4) is 0 Å². The van der Waals surface area contributed by atoms with Crippen LogP contribution in [0.3, 0.4) is 0 Å². The first kappa shape index (κ1) is 18.2. The van der Waals surface area contributed by atoms with E-state index in [2.05, 4.69) is 5.32 Å². The molecule has 3 nitrogen and oxygen atoms in total. The van der Waals surface area contributed by atoms with Gasteiger partial charge in [-0.2, -0.15) is 0 Å². The number of benzene rings is 2. The number of nitrogens with one attached hydrogen (secondary N) is 1. The molecule has 132 valence electrons. The Balaban J connectivity index is 1.85. The minimum Gasteiger partial charge on any atom is -0.338 e. The normalized spacial score (nSPS) is 20.3. The van der Waals surface area contributed by atoms with Gasteiger partial charge in [0.15, 0.2) is 0 Å². The molecule has 25 heavy (non-hydrogen) atoms. The lowest BCUT2D eigenvalue weighted by atomic mass is 9.85. The number of carbonyl (C=O) groups is 1. The van der Waals surface area contributed by atoms with Crippen molar-refractivity contribution in [1.82, 2.24) is 10.2 Å². The predicted octanol–water partition coefficient (Wildman–Crippen LogP) is 4.52. The molecule has 2 atom stereocenters. The summed E-state index contributed by atoms with van der Waals surface area (Å²) in [6, 6.07) is 13.6. The Morgan fingerprint density at radius 2 is 1.84 bits per heavy atom. The molecule has 0 aromatic heterocycles. The number of likely N-dealkylation sites (N-methyl/N-ethyl adjacent to an activating group) is 1. The van der Waals surface area contributed by atoms with E-state index in [1.807, 2.05) is 61.3 Å². The van der Waals surface area contributed by atoms with Crippen molar-refractivity contribution in [3.05, 3.63) is 69.2 Å². The molecule has 0 unspecified atom stereocenters. The zero-order valence-electron chi connectivity index (χ0n) is 14.4. The van der Waals surface area contributed by atoms with E-state index in [-0.39, 0.29) is 17.9 Å². The Morgan fingerprint density at radius 1 is 1.12 bits per heavy atom. The summed E-state index contributed by atoms with van der Waals surface area (Å²) in [6.07, 6.45) is 0.902. The molecule has 1 saturated heterocycles. The largest absolute Gasteiger partial charge is 0.338 e. The Labute approximate surface area is 158 Å². The number of nitrogens with zero attached hydrogens (tertiary/aromatic N) is 1. The number of piperidine rings is 1. The van der Waals surface area contributed by atoms with E-state index in [0.29, 0.717) is 10.0 Å². The molecular weight excluding hydrogens is 355 g/mol. The Bertz CT molecular complexity index is 761. The summed E-state index contributed by atoms with van der Waals surface area (Å²) in [5, 5.41) is 4.53. The molecule has 0 aliphatic carbocycles. The standard InChI is InChI=1S/C20H22Cl2N2O/c1-13-3-5-14(6-4-13)20(25)24(2)19-9-10-23-12-16(19)15-7-8-17(21)18(22)11-15/h3-8,11,16,19,23H,9-10,12H2,1-2H3/t16-,19+/m0/s1. The molecule has 0 bridgehead atoms. The maximum absolute atomic E-state index is 12.9. The van der Waals surface area contributed by atoms with Gasteiger partial charge in [-0.05, 0) is 49.7 Å². The van der Waals surface area contributed by atoms with Gasteiger partial charge in [0.05, 0.1) is 10.0 Å². The maximum Gasteiger partial charge on any atom is 0.253 e. The van der Waals surface area contributed by atoms with Crippen molar-refractivity contribution in [2.24, 2.45) is 0 Å². The summed E-state index contributed by atoms with van der Waals surface area (Å²) in [7, 11) is 1.89. The van der Waals surface area contributed by atoms with Gasteiger partial charge in [0.25, 0.3) is 5.91 Å². The number of rotatable bonds is 3. The van der Waals surface area contributed by atoms with E-state index in [0.717, 1.165) is 36.2 Å². The van der Waals surface area contributed by atoms with Crippen molar-refractivity contribution >= 4 is 29.1 Å². The Hall–Kier alpha value is -1.55. The molecule has 0 radical (unpaired) electrons. The van der Waals surface area contributed by atoms with Crippen LogP contribution in [0.1, 0.15) is 33.8 Å². The van der Waals surface area contributed by atoms with E-state index in [1.165, 1.54) is 0 Å². The highest BCUT2D eigenvalue weighted by Gasteiger charge is 2.32. The molecule has 3 rings (SSSR count). The first-order valence-electron chi connectivity index (χ1n) is 8.47. The Morgan fingerprint density at radius 3 is 2.52 bits per heavy atom. The third-order valence-corrected chi connectivity index (χ3v) is 5.67. The summed E-state index contributed by atoms with van der Waals surface area (Å²) in [5.74, 6) is 0.236. The van der Waals surface area contributed by atoms with Gasteiger partial charge in [0.2, 0.25) is 0 Å². The second-order valence-corrected chi connectivity index (χ2v) is 7.44. The molecule has 1 fully saturated rings. The van der Waals surface area contributed by atoms with Gasteiger partial charge in [-0.1, -0.05) is 47.0 Å². The van der Waals surface area contributed by atoms with Crippen LogP contribution in [-0.2, 0) is 0 Å². The summed E-state index contributed by atoms with van der Waals surface area (Å²) >= 11 is 12.3. The lowest BCUT2D eigenvalue weighted by molar-refractivity contribution is 0.0679. The highest BCUT2D eigenvalue weighted by molar-refractivity contribution is 6.42. The van der Waals surface area contributed by atoms with Crippen LogP contribution in [0.5, 0.6) is 0 Å². The summed E-state index contributed by atoms with van der Waals surface area (Å²) in [4.78, 5) is 14.8. The van der Waals surface area contributed by atoms with Gasteiger partial charge in [-0.15, -0.1) is 0 Å². The van der Waals surface area contributed by atoms with Crippen LogP contribution in [0, 0.1) is 6.92 Å². The Kier molecular flexibility index (Phi) is 5.67. The van der Waals surface area contributed by atoms with Crippen molar-refractivity contribution in [2.75, 3.05) is 20.1 Å². The fourth-order valence-electron chi connectivity index (χ4n) is 3.44. The number of aryl methyl sites for hydroxylation is 1. The molecule has 0 spiro atoms. The summed E-state index contributed by atoms with van der Waals surface area (Å²) < 4.78 is 0. The van der Waals surface area contributed by atoms with Crippen LogP contribution in [0.4, 0.5) is 0 Å². The number of carbonyl (C=O) groups excluding carboxylic acids is 1. The van der Waals surface area contributed by atoms with Crippen LogP contribution in [0.15, 0.2) is 42.5 Å². The van der Waals surface area contributed by atoms with Crippen LogP contribution in [0.2, 0.25) is 10.0 Å². The third kappa shape index (κ3) is 4.00. The first-order chi connectivity index (χ1) is 12.0. The van der Waals surface area contributed by atoms with Crippen LogP contribution in [-0.4, -0.2) is 37.0 Å². The average molecular weight is 377 g/mol. The van der Waals surface area contributed by atoms with E-state index in [1.54, 1.807) is 0 Å². The SMILES string of the molecule is Cc1ccc(C(=O)N(C)[C@@H]2CCNC[C@H]2c2ccc(Cl)c(Cl)c2)cc1. The highest BCUT2D eigenvalue weighted by atomic mass is 35.5. The minimum absolute atomic E-state index is 0.0527. The van der Waals surface area contributed by atoms with Gasteiger partial charge >= 0.3 is 0 Å². The molecule has 1 amide bonds. The molecule has 1 N–H and O–H groups in total.